The molecule has 0 spiro atoms. The third-order valence-corrected chi connectivity index (χ3v) is 3.67. The number of hydrogen-bond acceptors (Lipinski definition) is 3. The minimum Gasteiger partial charge on any atom is -0.299 e. The maximum absolute atomic E-state index is 11.8. The molecule has 1 aromatic rings. The fourth-order valence-corrected chi connectivity index (χ4v) is 2.92. The number of hydrogen-bond donors (Lipinski definition) is 0. The fraction of sp³-hybridized carbons (Fsp3) is 0.600. The van der Waals surface area contributed by atoms with E-state index in [-0.39, 0.29) is 5.92 Å². The van der Waals surface area contributed by atoms with Crippen molar-refractivity contribution in [3.8, 4) is 0 Å². The van der Waals surface area contributed by atoms with Gasteiger partial charge in [0.15, 0.2) is 0 Å². The van der Waals surface area contributed by atoms with E-state index in [2.05, 4.69) is 5.10 Å². The van der Waals surface area contributed by atoms with Crippen LogP contribution in [-0.4, -0.2) is 27.1 Å². The number of thioether (sulfide) groups is 1. The molecular formula is C10H14N2OS. The van der Waals surface area contributed by atoms with Crippen LogP contribution < -0.4 is 0 Å². The highest BCUT2D eigenvalue weighted by Gasteiger charge is 2.23. The Kier molecular flexibility index (Phi) is 2.91. The molecule has 1 fully saturated rings. The molecule has 1 atom stereocenters. The Labute approximate surface area is 87.9 Å². The summed E-state index contributed by atoms with van der Waals surface area (Å²) in [6.45, 7) is 0. The molecule has 0 radical (unpaired) electrons. The van der Waals surface area contributed by atoms with E-state index in [9.17, 15) is 4.79 Å². The molecule has 0 amide bonds. The van der Waals surface area contributed by atoms with E-state index >= 15 is 0 Å². The first-order chi connectivity index (χ1) is 6.75. The molecule has 0 aromatic carbocycles. The summed E-state index contributed by atoms with van der Waals surface area (Å²) in [4.78, 5) is 11.8. The number of carbonyl (C=O) groups excluding carboxylic acids is 1. The van der Waals surface area contributed by atoms with E-state index in [1.165, 1.54) is 0 Å². The van der Waals surface area contributed by atoms with Crippen molar-refractivity contribution in [3.63, 3.8) is 0 Å². The zero-order valence-corrected chi connectivity index (χ0v) is 9.09. The van der Waals surface area contributed by atoms with Crippen LogP contribution in [0.2, 0.25) is 0 Å². The van der Waals surface area contributed by atoms with Gasteiger partial charge in [0.05, 0.1) is 12.1 Å². The average molecular weight is 210 g/mol. The predicted octanol–water partition coefficient (Wildman–Crippen LogP) is 1.28. The summed E-state index contributed by atoms with van der Waals surface area (Å²) in [6, 6.07) is 1.92. The molecule has 76 valence electrons. The number of aryl methyl sites for hydroxylation is 1. The first-order valence-electron chi connectivity index (χ1n) is 4.84. The van der Waals surface area contributed by atoms with Gasteiger partial charge in [0, 0.05) is 24.9 Å². The van der Waals surface area contributed by atoms with Crippen molar-refractivity contribution in [3.05, 3.63) is 18.0 Å². The third-order valence-electron chi connectivity index (χ3n) is 2.51. The van der Waals surface area contributed by atoms with Crippen LogP contribution >= 0.6 is 11.8 Å². The van der Waals surface area contributed by atoms with Crippen molar-refractivity contribution in [2.75, 3.05) is 11.5 Å². The monoisotopic (exact) mass is 210 g/mol. The smallest absolute Gasteiger partial charge is 0.142 e. The average Bonchev–Trinajstić information content (AvgIpc) is 2.75. The maximum atomic E-state index is 11.8. The van der Waals surface area contributed by atoms with Crippen LogP contribution in [0.4, 0.5) is 0 Å². The summed E-state index contributed by atoms with van der Waals surface area (Å²) in [5.74, 6) is 2.78. The minimum atomic E-state index is 0.280. The highest BCUT2D eigenvalue weighted by atomic mass is 32.2. The number of Topliss-reactive ketones (excluding diaryl/α,β-unsaturated/α-hetero) is 1. The van der Waals surface area contributed by atoms with Crippen LogP contribution in [0, 0.1) is 5.92 Å². The van der Waals surface area contributed by atoms with Crippen molar-refractivity contribution in [2.45, 2.75) is 12.8 Å². The van der Waals surface area contributed by atoms with E-state index in [0.717, 1.165) is 23.6 Å². The summed E-state index contributed by atoms with van der Waals surface area (Å²) in [5.41, 5.74) is 0.898. The second-order valence-electron chi connectivity index (χ2n) is 3.68. The molecule has 0 bridgehead atoms. The molecule has 1 aromatic heterocycles. The van der Waals surface area contributed by atoms with Gasteiger partial charge in [-0.1, -0.05) is 0 Å². The Morgan fingerprint density at radius 3 is 3.21 bits per heavy atom. The highest BCUT2D eigenvalue weighted by molar-refractivity contribution is 7.99. The van der Waals surface area contributed by atoms with Gasteiger partial charge in [0.25, 0.3) is 0 Å². The van der Waals surface area contributed by atoms with Gasteiger partial charge in [-0.15, -0.1) is 0 Å². The Morgan fingerprint density at radius 1 is 1.79 bits per heavy atom. The van der Waals surface area contributed by atoms with Gasteiger partial charge < -0.3 is 0 Å². The van der Waals surface area contributed by atoms with Gasteiger partial charge in [-0.05, 0) is 18.2 Å². The van der Waals surface area contributed by atoms with Gasteiger partial charge in [0.2, 0.25) is 0 Å². The number of carbonyl (C=O) groups is 1. The lowest BCUT2D eigenvalue weighted by Gasteiger charge is -2.04. The van der Waals surface area contributed by atoms with Gasteiger partial charge in [-0.2, -0.15) is 16.9 Å². The molecule has 1 aliphatic heterocycles. The molecule has 2 rings (SSSR count). The largest absolute Gasteiger partial charge is 0.299 e. The Hall–Kier alpha value is -0.770. The van der Waals surface area contributed by atoms with Gasteiger partial charge >= 0.3 is 0 Å². The van der Waals surface area contributed by atoms with Crippen molar-refractivity contribution in [2.24, 2.45) is 13.0 Å². The second-order valence-corrected chi connectivity index (χ2v) is 4.83. The lowest BCUT2D eigenvalue weighted by atomic mass is 10.0. The molecule has 14 heavy (non-hydrogen) atoms. The van der Waals surface area contributed by atoms with Gasteiger partial charge in [-0.25, -0.2) is 0 Å². The zero-order valence-electron chi connectivity index (χ0n) is 8.27. The van der Waals surface area contributed by atoms with Crippen molar-refractivity contribution < 1.29 is 4.79 Å². The van der Waals surface area contributed by atoms with Crippen LogP contribution in [0.1, 0.15) is 12.1 Å². The first kappa shape index (κ1) is 9.77. The summed E-state index contributed by atoms with van der Waals surface area (Å²) < 4.78 is 1.74. The summed E-state index contributed by atoms with van der Waals surface area (Å²) >= 11 is 1.88. The van der Waals surface area contributed by atoms with Crippen LogP contribution in [0.3, 0.4) is 0 Å². The minimum absolute atomic E-state index is 0.280. The van der Waals surface area contributed by atoms with Gasteiger partial charge in [-0.3, -0.25) is 9.48 Å². The van der Waals surface area contributed by atoms with Crippen molar-refractivity contribution >= 4 is 17.5 Å². The van der Waals surface area contributed by atoms with E-state index in [4.69, 9.17) is 0 Å². The normalized spacial score (nSPS) is 21.4. The quantitative estimate of drug-likeness (QED) is 0.754. The lowest BCUT2D eigenvalue weighted by Crippen LogP contribution is -2.16. The van der Waals surface area contributed by atoms with E-state index in [1.807, 2.05) is 31.1 Å². The van der Waals surface area contributed by atoms with E-state index < -0.39 is 0 Å². The molecule has 0 aliphatic carbocycles. The summed E-state index contributed by atoms with van der Waals surface area (Å²) in [6.07, 6.45) is 3.44. The van der Waals surface area contributed by atoms with Crippen LogP contribution in [0.25, 0.3) is 0 Å². The SMILES string of the molecule is Cn1ccc(CC(=O)C2CCSC2)n1. The molecule has 1 saturated heterocycles. The van der Waals surface area contributed by atoms with Gasteiger partial charge in [0.1, 0.15) is 5.78 Å². The molecular weight excluding hydrogens is 196 g/mol. The topological polar surface area (TPSA) is 34.9 Å². The molecule has 3 nitrogen and oxygen atoms in total. The standard InChI is InChI=1S/C10H14N2OS/c1-12-4-2-9(11-12)6-10(13)8-3-5-14-7-8/h2,4,8H,3,5-7H2,1H3. The third kappa shape index (κ3) is 2.18. The summed E-state index contributed by atoms with van der Waals surface area (Å²) in [7, 11) is 1.87. The Balaban J connectivity index is 1.93. The molecule has 1 unspecified atom stereocenters. The molecule has 1 aliphatic rings. The number of rotatable bonds is 3. The zero-order chi connectivity index (χ0) is 9.97. The number of ketones is 1. The van der Waals surface area contributed by atoms with E-state index in [1.54, 1.807) is 4.68 Å². The van der Waals surface area contributed by atoms with Crippen molar-refractivity contribution in [1.29, 1.82) is 0 Å². The first-order valence-corrected chi connectivity index (χ1v) is 6.00. The van der Waals surface area contributed by atoms with E-state index in [0.29, 0.717) is 12.2 Å². The van der Waals surface area contributed by atoms with Crippen LogP contribution in [0.5, 0.6) is 0 Å². The Bertz CT molecular complexity index is 329. The van der Waals surface area contributed by atoms with Crippen LogP contribution in [-0.2, 0) is 18.3 Å². The number of nitrogens with zero attached hydrogens (tertiary/aromatic N) is 2. The van der Waals surface area contributed by atoms with Crippen molar-refractivity contribution in [1.82, 2.24) is 9.78 Å². The molecule has 2 heterocycles. The maximum Gasteiger partial charge on any atom is 0.142 e. The van der Waals surface area contributed by atoms with Crippen LogP contribution in [0.15, 0.2) is 12.3 Å². The Morgan fingerprint density at radius 2 is 2.64 bits per heavy atom. The predicted molar refractivity (Wildman–Crippen MR) is 57.4 cm³/mol. The molecule has 0 saturated carbocycles. The number of aromatic nitrogens is 2. The molecule has 0 N–H and O–H groups in total. The lowest BCUT2D eigenvalue weighted by molar-refractivity contribution is -0.121. The second kappa shape index (κ2) is 4.17. The fourth-order valence-electron chi connectivity index (χ4n) is 1.67. The molecule has 4 heteroatoms. The highest BCUT2D eigenvalue weighted by Crippen LogP contribution is 2.24. The summed E-state index contributed by atoms with van der Waals surface area (Å²) in [5, 5.41) is 4.21.